The number of benzene rings is 2. The van der Waals surface area contributed by atoms with E-state index in [1.54, 1.807) is 0 Å². The molecule has 0 aliphatic rings. The van der Waals surface area contributed by atoms with Gasteiger partial charge in [0.1, 0.15) is 0 Å². The maximum atomic E-state index is 4.54. The zero-order valence-corrected chi connectivity index (χ0v) is 12.6. The lowest BCUT2D eigenvalue weighted by Crippen LogP contribution is -1.98. The van der Waals surface area contributed by atoms with Gasteiger partial charge in [0, 0.05) is 19.2 Å². The Morgan fingerprint density at radius 2 is 1.48 bits per heavy atom. The number of imidazole rings is 1. The zero-order valence-electron chi connectivity index (χ0n) is 12.6. The van der Waals surface area contributed by atoms with E-state index in [-0.39, 0.29) is 0 Å². The fourth-order valence-corrected chi connectivity index (χ4v) is 2.57. The third-order valence-electron chi connectivity index (χ3n) is 3.93. The molecule has 0 unspecified atom stereocenters. The molecule has 0 atom stereocenters. The first-order valence-electron chi connectivity index (χ1n) is 7.32. The van der Waals surface area contributed by atoms with Crippen molar-refractivity contribution in [1.82, 2.24) is 9.55 Å². The number of hydrogen-bond donors (Lipinski definition) is 0. The second kappa shape index (κ2) is 5.96. The minimum Gasteiger partial charge on any atom is -0.333 e. The number of hydrogen-bond acceptors (Lipinski definition) is 1. The molecule has 0 aliphatic carbocycles. The van der Waals surface area contributed by atoms with E-state index < -0.39 is 0 Å². The molecule has 106 valence electrons. The van der Waals surface area contributed by atoms with Crippen LogP contribution in [0.25, 0.3) is 0 Å². The molecule has 0 fully saturated rings. The Labute approximate surface area is 126 Å². The Hall–Kier alpha value is -2.35. The van der Waals surface area contributed by atoms with Crippen LogP contribution in [0.1, 0.15) is 27.9 Å². The molecular formula is C19H20N2. The monoisotopic (exact) mass is 276 g/mol. The lowest BCUT2D eigenvalue weighted by Gasteiger charge is -2.06. The number of rotatable bonds is 4. The van der Waals surface area contributed by atoms with Crippen LogP contribution in [-0.4, -0.2) is 9.55 Å². The van der Waals surface area contributed by atoms with E-state index in [2.05, 4.69) is 78.1 Å². The van der Waals surface area contributed by atoms with Crippen LogP contribution in [0.15, 0.2) is 61.1 Å². The van der Waals surface area contributed by atoms with Crippen molar-refractivity contribution in [3.63, 3.8) is 0 Å². The van der Waals surface area contributed by atoms with Gasteiger partial charge in [0.15, 0.2) is 0 Å². The molecule has 0 aliphatic heterocycles. The standard InChI is InChI=1S/C19H20N2/c1-15-7-3-5-9-17(15)11-19-13-21(14-20-19)12-18-10-6-4-8-16(18)2/h3-10,13-14H,11-12H2,1-2H3. The average Bonchev–Trinajstić information content (AvgIpc) is 2.91. The smallest absolute Gasteiger partial charge is 0.0952 e. The predicted octanol–water partition coefficient (Wildman–Crippen LogP) is 4.14. The van der Waals surface area contributed by atoms with Crippen LogP contribution < -0.4 is 0 Å². The fourth-order valence-electron chi connectivity index (χ4n) is 2.57. The largest absolute Gasteiger partial charge is 0.333 e. The summed E-state index contributed by atoms with van der Waals surface area (Å²) in [5.41, 5.74) is 6.46. The van der Waals surface area contributed by atoms with Crippen molar-refractivity contribution in [2.75, 3.05) is 0 Å². The highest BCUT2D eigenvalue weighted by Gasteiger charge is 2.04. The van der Waals surface area contributed by atoms with E-state index in [1.807, 2.05) is 6.33 Å². The molecule has 21 heavy (non-hydrogen) atoms. The summed E-state index contributed by atoms with van der Waals surface area (Å²) in [5, 5.41) is 0. The van der Waals surface area contributed by atoms with Crippen LogP contribution in [0.5, 0.6) is 0 Å². The van der Waals surface area contributed by atoms with Gasteiger partial charge in [-0.15, -0.1) is 0 Å². The SMILES string of the molecule is Cc1ccccc1Cc1cn(Cc2ccccc2C)cn1. The average molecular weight is 276 g/mol. The Morgan fingerprint density at radius 1 is 0.857 bits per heavy atom. The first-order valence-corrected chi connectivity index (χ1v) is 7.32. The Bertz CT molecular complexity index is 679. The normalized spacial score (nSPS) is 10.8. The molecule has 0 radical (unpaired) electrons. The molecule has 2 aromatic carbocycles. The lowest BCUT2D eigenvalue weighted by molar-refractivity contribution is 0.791. The topological polar surface area (TPSA) is 17.8 Å². The minimum atomic E-state index is 0.882. The van der Waals surface area contributed by atoms with E-state index >= 15 is 0 Å². The van der Waals surface area contributed by atoms with Crippen molar-refractivity contribution in [3.8, 4) is 0 Å². The summed E-state index contributed by atoms with van der Waals surface area (Å²) in [5.74, 6) is 0. The van der Waals surface area contributed by atoms with Gasteiger partial charge in [0.25, 0.3) is 0 Å². The van der Waals surface area contributed by atoms with Gasteiger partial charge in [-0.25, -0.2) is 4.98 Å². The van der Waals surface area contributed by atoms with Gasteiger partial charge in [-0.1, -0.05) is 48.5 Å². The second-order valence-corrected chi connectivity index (χ2v) is 5.57. The van der Waals surface area contributed by atoms with Crippen LogP contribution >= 0.6 is 0 Å². The van der Waals surface area contributed by atoms with Crippen molar-refractivity contribution in [2.24, 2.45) is 0 Å². The van der Waals surface area contributed by atoms with Gasteiger partial charge in [0.2, 0.25) is 0 Å². The second-order valence-electron chi connectivity index (χ2n) is 5.57. The zero-order chi connectivity index (χ0) is 14.7. The van der Waals surface area contributed by atoms with Gasteiger partial charge in [-0.05, 0) is 36.1 Å². The fraction of sp³-hybridized carbons (Fsp3) is 0.211. The van der Waals surface area contributed by atoms with Crippen LogP contribution in [0, 0.1) is 13.8 Å². The number of aromatic nitrogens is 2. The molecule has 1 heterocycles. The van der Waals surface area contributed by atoms with E-state index in [9.17, 15) is 0 Å². The Balaban J connectivity index is 1.75. The van der Waals surface area contributed by atoms with Gasteiger partial charge >= 0.3 is 0 Å². The molecule has 0 amide bonds. The molecule has 0 spiro atoms. The van der Waals surface area contributed by atoms with Crippen molar-refractivity contribution >= 4 is 0 Å². The van der Waals surface area contributed by atoms with Gasteiger partial charge < -0.3 is 4.57 Å². The first kappa shape index (κ1) is 13.6. The van der Waals surface area contributed by atoms with Crippen LogP contribution in [0.3, 0.4) is 0 Å². The molecule has 0 saturated carbocycles. The van der Waals surface area contributed by atoms with Gasteiger partial charge in [-0.2, -0.15) is 0 Å². The molecular weight excluding hydrogens is 256 g/mol. The summed E-state index contributed by atoms with van der Waals surface area (Å²) < 4.78 is 2.16. The summed E-state index contributed by atoms with van der Waals surface area (Å²) in [7, 11) is 0. The van der Waals surface area contributed by atoms with Crippen molar-refractivity contribution in [3.05, 3.63) is 89.0 Å². The molecule has 0 N–H and O–H groups in total. The summed E-state index contributed by atoms with van der Waals surface area (Å²) in [6.45, 7) is 5.19. The van der Waals surface area contributed by atoms with Gasteiger partial charge in [-0.3, -0.25) is 0 Å². The third kappa shape index (κ3) is 3.22. The summed E-state index contributed by atoms with van der Waals surface area (Å²) in [4.78, 5) is 4.54. The highest BCUT2D eigenvalue weighted by atomic mass is 15.0. The number of aryl methyl sites for hydroxylation is 2. The van der Waals surface area contributed by atoms with Crippen molar-refractivity contribution in [2.45, 2.75) is 26.8 Å². The predicted molar refractivity (Wildman–Crippen MR) is 86.5 cm³/mol. The number of nitrogens with zero attached hydrogens (tertiary/aromatic N) is 2. The maximum Gasteiger partial charge on any atom is 0.0952 e. The molecule has 2 heteroatoms. The van der Waals surface area contributed by atoms with Gasteiger partial charge in [0.05, 0.1) is 12.0 Å². The van der Waals surface area contributed by atoms with Crippen molar-refractivity contribution in [1.29, 1.82) is 0 Å². The molecule has 0 bridgehead atoms. The minimum absolute atomic E-state index is 0.882. The van der Waals surface area contributed by atoms with Crippen LogP contribution in [0.4, 0.5) is 0 Å². The molecule has 3 rings (SSSR count). The molecule has 3 aromatic rings. The highest BCUT2D eigenvalue weighted by molar-refractivity contribution is 5.29. The summed E-state index contributed by atoms with van der Waals surface area (Å²) in [6.07, 6.45) is 4.98. The maximum absolute atomic E-state index is 4.54. The van der Waals surface area contributed by atoms with Crippen LogP contribution in [0.2, 0.25) is 0 Å². The lowest BCUT2D eigenvalue weighted by atomic mass is 10.0. The van der Waals surface area contributed by atoms with E-state index in [0.29, 0.717) is 0 Å². The molecule has 2 nitrogen and oxygen atoms in total. The van der Waals surface area contributed by atoms with Crippen molar-refractivity contribution < 1.29 is 0 Å². The Kier molecular flexibility index (Phi) is 3.87. The molecule has 1 aromatic heterocycles. The Morgan fingerprint density at radius 3 is 2.14 bits per heavy atom. The van der Waals surface area contributed by atoms with E-state index in [1.165, 1.54) is 22.3 Å². The molecule has 0 saturated heterocycles. The quantitative estimate of drug-likeness (QED) is 0.700. The van der Waals surface area contributed by atoms with E-state index in [4.69, 9.17) is 0 Å². The summed E-state index contributed by atoms with van der Waals surface area (Å²) in [6, 6.07) is 17.0. The first-order chi connectivity index (χ1) is 10.2. The third-order valence-corrected chi connectivity index (χ3v) is 3.93. The van der Waals surface area contributed by atoms with E-state index in [0.717, 1.165) is 18.7 Å². The summed E-state index contributed by atoms with van der Waals surface area (Å²) >= 11 is 0. The highest BCUT2D eigenvalue weighted by Crippen LogP contribution is 2.14. The van der Waals surface area contributed by atoms with Crippen LogP contribution in [-0.2, 0) is 13.0 Å².